The van der Waals surface area contributed by atoms with Gasteiger partial charge in [0.05, 0.1) is 17.2 Å². The normalized spacial score (nSPS) is 10.3. The predicted molar refractivity (Wildman–Crippen MR) is 109 cm³/mol. The van der Waals surface area contributed by atoms with Crippen molar-refractivity contribution in [1.82, 2.24) is 14.5 Å². The Morgan fingerprint density at radius 3 is 2.61 bits per heavy atom. The molecule has 3 rings (SSSR count). The van der Waals surface area contributed by atoms with Crippen molar-refractivity contribution in [3.63, 3.8) is 0 Å². The SMILES string of the molecule is C=CCN(Cc1ccc(C#N)cc1)C(=O)c1cc(C)n(-c2ccccn2)c1C. The van der Waals surface area contributed by atoms with Gasteiger partial charge in [0.1, 0.15) is 5.82 Å². The van der Waals surface area contributed by atoms with Gasteiger partial charge < -0.3 is 9.47 Å². The first-order valence-electron chi connectivity index (χ1n) is 9.04. The van der Waals surface area contributed by atoms with Crippen LogP contribution in [0.2, 0.25) is 0 Å². The standard InChI is InChI=1S/C23H22N4O/c1-4-13-26(16-20-10-8-19(15-24)9-11-20)23(28)21-14-17(2)27(18(21)3)22-7-5-6-12-25-22/h4-12,14H,1,13,16H2,2-3H3. The summed E-state index contributed by atoms with van der Waals surface area (Å²) in [6, 6.07) is 17.0. The van der Waals surface area contributed by atoms with E-state index in [-0.39, 0.29) is 5.91 Å². The van der Waals surface area contributed by atoms with Gasteiger partial charge in [0.2, 0.25) is 0 Å². The van der Waals surface area contributed by atoms with Crippen molar-refractivity contribution in [1.29, 1.82) is 5.26 Å². The van der Waals surface area contributed by atoms with Gasteiger partial charge in [-0.15, -0.1) is 6.58 Å². The molecule has 0 saturated carbocycles. The molecule has 0 radical (unpaired) electrons. The Labute approximate surface area is 165 Å². The fourth-order valence-electron chi connectivity index (χ4n) is 3.27. The van der Waals surface area contributed by atoms with E-state index >= 15 is 0 Å². The van der Waals surface area contributed by atoms with Gasteiger partial charge in [-0.05, 0) is 49.7 Å². The summed E-state index contributed by atoms with van der Waals surface area (Å²) in [6.07, 6.45) is 3.46. The van der Waals surface area contributed by atoms with Crippen LogP contribution in [0.3, 0.4) is 0 Å². The number of nitriles is 1. The van der Waals surface area contributed by atoms with Gasteiger partial charge in [-0.2, -0.15) is 5.26 Å². The van der Waals surface area contributed by atoms with Crippen molar-refractivity contribution in [2.75, 3.05) is 6.54 Å². The van der Waals surface area contributed by atoms with Crippen molar-refractivity contribution in [3.8, 4) is 11.9 Å². The largest absolute Gasteiger partial charge is 0.331 e. The van der Waals surface area contributed by atoms with Crippen LogP contribution in [0.4, 0.5) is 0 Å². The van der Waals surface area contributed by atoms with E-state index in [4.69, 9.17) is 5.26 Å². The molecule has 2 aromatic heterocycles. The molecule has 0 fully saturated rings. The van der Waals surface area contributed by atoms with Crippen molar-refractivity contribution < 1.29 is 4.79 Å². The van der Waals surface area contributed by atoms with E-state index in [1.165, 1.54) is 0 Å². The van der Waals surface area contributed by atoms with Gasteiger partial charge in [0.25, 0.3) is 5.91 Å². The van der Waals surface area contributed by atoms with E-state index in [1.54, 1.807) is 29.3 Å². The fourth-order valence-corrected chi connectivity index (χ4v) is 3.27. The first kappa shape index (κ1) is 19.1. The van der Waals surface area contributed by atoms with E-state index in [1.807, 2.05) is 54.8 Å². The molecule has 0 aliphatic carbocycles. The third-order valence-corrected chi connectivity index (χ3v) is 4.63. The molecule has 0 bridgehead atoms. The first-order chi connectivity index (χ1) is 13.5. The average Bonchev–Trinajstić information content (AvgIpc) is 3.02. The third kappa shape index (κ3) is 3.86. The number of rotatable bonds is 6. The summed E-state index contributed by atoms with van der Waals surface area (Å²) in [4.78, 5) is 19.4. The predicted octanol–water partition coefficient (Wildman–Crippen LogP) is 4.19. The lowest BCUT2D eigenvalue weighted by atomic mass is 10.1. The molecule has 0 N–H and O–H groups in total. The zero-order valence-electron chi connectivity index (χ0n) is 16.1. The molecule has 3 aromatic rings. The molecule has 28 heavy (non-hydrogen) atoms. The van der Waals surface area contributed by atoms with Crippen LogP contribution in [-0.4, -0.2) is 26.9 Å². The minimum absolute atomic E-state index is 0.0560. The maximum Gasteiger partial charge on any atom is 0.256 e. The molecular formula is C23H22N4O. The van der Waals surface area contributed by atoms with Crippen LogP contribution in [-0.2, 0) is 6.54 Å². The Hall–Kier alpha value is -3.65. The summed E-state index contributed by atoms with van der Waals surface area (Å²) in [7, 11) is 0. The smallest absolute Gasteiger partial charge is 0.256 e. The number of carbonyl (C=O) groups is 1. The van der Waals surface area contributed by atoms with Crippen LogP contribution in [0.25, 0.3) is 5.82 Å². The monoisotopic (exact) mass is 370 g/mol. The quantitative estimate of drug-likeness (QED) is 0.611. The second kappa shape index (κ2) is 8.36. The molecule has 5 nitrogen and oxygen atoms in total. The molecular weight excluding hydrogens is 348 g/mol. The summed E-state index contributed by atoms with van der Waals surface area (Å²) in [6.45, 7) is 8.57. The molecule has 2 heterocycles. The molecule has 5 heteroatoms. The zero-order chi connectivity index (χ0) is 20.1. The molecule has 0 unspecified atom stereocenters. The van der Waals surface area contributed by atoms with E-state index in [0.717, 1.165) is 22.8 Å². The highest BCUT2D eigenvalue weighted by molar-refractivity contribution is 5.96. The van der Waals surface area contributed by atoms with Crippen molar-refractivity contribution in [2.24, 2.45) is 0 Å². The van der Waals surface area contributed by atoms with Gasteiger partial charge in [-0.25, -0.2) is 4.98 Å². The van der Waals surface area contributed by atoms with Gasteiger partial charge in [-0.1, -0.05) is 24.3 Å². The van der Waals surface area contributed by atoms with E-state index < -0.39 is 0 Å². The fraction of sp³-hybridized carbons (Fsp3) is 0.174. The Bertz CT molecular complexity index is 1030. The van der Waals surface area contributed by atoms with Crippen LogP contribution in [0, 0.1) is 25.2 Å². The molecule has 0 atom stereocenters. The molecule has 0 spiro atoms. The highest BCUT2D eigenvalue weighted by atomic mass is 16.2. The Morgan fingerprint density at radius 1 is 1.25 bits per heavy atom. The lowest BCUT2D eigenvalue weighted by Crippen LogP contribution is -2.31. The number of benzene rings is 1. The number of hydrogen-bond acceptors (Lipinski definition) is 3. The summed E-state index contributed by atoms with van der Waals surface area (Å²) in [5.41, 5.74) is 4.03. The number of hydrogen-bond donors (Lipinski definition) is 0. The average molecular weight is 370 g/mol. The topological polar surface area (TPSA) is 61.9 Å². The van der Waals surface area contributed by atoms with Crippen LogP contribution in [0.15, 0.2) is 67.4 Å². The summed E-state index contributed by atoms with van der Waals surface area (Å²) in [5, 5.41) is 8.95. The number of carbonyl (C=O) groups excluding carboxylic acids is 1. The number of pyridine rings is 1. The van der Waals surface area contributed by atoms with Crippen LogP contribution in [0.1, 0.15) is 32.9 Å². The van der Waals surface area contributed by atoms with Crippen LogP contribution < -0.4 is 0 Å². The minimum atomic E-state index is -0.0560. The first-order valence-corrected chi connectivity index (χ1v) is 9.04. The Morgan fingerprint density at radius 2 is 2.00 bits per heavy atom. The molecule has 140 valence electrons. The second-order valence-corrected chi connectivity index (χ2v) is 6.59. The lowest BCUT2D eigenvalue weighted by molar-refractivity contribution is 0.0762. The maximum absolute atomic E-state index is 13.3. The number of aryl methyl sites for hydroxylation is 1. The van der Waals surface area contributed by atoms with Crippen LogP contribution >= 0.6 is 0 Å². The van der Waals surface area contributed by atoms with E-state index in [2.05, 4.69) is 17.6 Å². The molecule has 1 aromatic carbocycles. The Kier molecular flexibility index (Phi) is 5.71. The summed E-state index contributed by atoms with van der Waals surface area (Å²) < 4.78 is 1.99. The summed E-state index contributed by atoms with van der Waals surface area (Å²) in [5.74, 6) is 0.735. The van der Waals surface area contributed by atoms with Crippen LogP contribution in [0.5, 0.6) is 0 Å². The molecule has 0 aliphatic rings. The Balaban J connectivity index is 1.91. The van der Waals surface area contributed by atoms with E-state index in [9.17, 15) is 4.79 Å². The third-order valence-electron chi connectivity index (χ3n) is 4.63. The number of nitrogens with zero attached hydrogens (tertiary/aromatic N) is 4. The maximum atomic E-state index is 13.3. The number of aromatic nitrogens is 2. The zero-order valence-corrected chi connectivity index (χ0v) is 16.1. The minimum Gasteiger partial charge on any atom is -0.331 e. The molecule has 1 amide bonds. The number of amides is 1. The molecule has 0 saturated heterocycles. The van der Waals surface area contributed by atoms with Crippen molar-refractivity contribution in [2.45, 2.75) is 20.4 Å². The van der Waals surface area contributed by atoms with Gasteiger partial charge in [-0.3, -0.25) is 4.79 Å². The van der Waals surface area contributed by atoms with Gasteiger partial charge >= 0.3 is 0 Å². The lowest BCUT2D eigenvalue weighted by Gasteiger charge is -2.21. The van der Waals surface area contributed by atoms with E-state index in [0.29, 0.717) is 24.2 Å². The van der Waals surface area contributed by atoms with Gasteiger partial charge in [0, 0.05) is 30.7 Å². The highest BCUT2D eigenvalue weighted by Gasteiger charge is 2.22. The van der Waals surface area contributed by atoms with Crippen molar-refractivity contribution in [3.05, 3.63) is 95.5 Å². The highest BCUT2D eigenvalue weighted by Crippen LogP contribution is 2.22. The van der Waals surface area contributed by atoms with Crippen molar-refractivity contribution >= 4 is 5.91 Å². The molecule has 0 aliphatic heterocycles. The summed E-state index contributed by atoms with van der Waals surface area (Å²) >= 11 is 0. The van der Waals surface area contributed by atoms with Gasteiger partial charge in [0.15, 0.2) is 0 Å². The second-order valence-electron chi connectivity index (χ2n) is 6.59.